The van der Waals surface area contributed by atoms with Crippen LogP contribution in [-0.4, -0.2) is 39.8 Å². The molecule has 0 radical (unpaired) electrons. The van der Waals surface area contributed by atoms with E-state index in [2.05, 4.69) is 53.9 Å². The second kappa shape index (κ2) is 8.91. The Hall–Kier alpha value is -2.53. The summed E-state index contributed by atoms with van der Waals surface area (Å²) in [7, 11) is 4.10. The second-order valence-corrected chi connectivity index (χ2v) is 7.60. The van der Waals surface area contributed by atoms with Crippen molar-refractivity contribution in [2.75, 3.05) is 43.9 Å². The van der Waals surface area contributed by atoms with Crippen LogP contribution in [0.2, 0.25) is 0 Å². The number of nitrogens with one attached hydrogen (secondary N) is 3. The van der Waals surface area contributed by atoms with Crippen LogP contribution in [0, 0.1) is 6.92 Å². The summed E-state index contributed by atoms with van der Waals surface area (Å²) in [6, 6.07) is 16.7. The fourth-order valence-corrected chi connectivity index (χ4v) is 3.69. The van der Waals surface area contributed by atoms with Crippen molar-refractivity contribution in [2.24, 2.45) is 0 Å². The monoisotopic (exact) mass is 367 g/mol. The number of quaternary nitrogens is 1. The van der Waals surface area contributed by atoms with Crippen molar-refractivity contribution in [3.05, 3.63) is 59.7 Å². The predicted molar refractivity (Wildman–Crippen MR) is 112 cm³/mol. The Morgan fingerprint density at radius 2 is 1.67 bits per heavy atom. The molecule has 1 saturated heterocycles. The molecule has 0 bridgehead atoms. The lowest BCUT2D eigenvalue weighted by molar-refractivity contribution is -0.918. The molecule has 1 aliphatic heterocycles. The van der Waals surface area contributed by atoms with Gasteiger partial charge in [-0.1, -0.05) is 29.8 Å². The first-order chi connectivity index (χ1) is 13.0. The maximum absolute atomic E-state index is 12.4. The summed E-state index contributed by atoms with van der Waals surface area (Å²) in [5, 5.41) is 6.00. The largest absolute Gasteiger partial charge is 0.378 e. The van der Waals surface area contributed by atoms with Gasteiger partial charge in [-0.05, 0) is 31.2 Å². The molecule has 5 heteroatoms. The molecule has 2 aromatic rings. The van der Waals surface area contributed by atoms with Gasteiger partial charge in [0.25, 0.3) is 0 Å². The number of carbonyl (C=O) groups is 1. The third-order valence-corrected chi connectivity index (χ3v) is 5.33. The minimum absolute atomic E-state index is 0.146. The van der Waals surface area contributed by atoms with Gasteiger partial charge in [0.05, 0.1) is 19.6 Å². The first-order valence-electron chi connectivity index (χ1n) is 9.76. The van der Waals surface area contributed by atoms with Gasteiger partial charge >= 0.3 is 6.03 Å². The number of nitrogens with zero attached hydrogens (tertiary/aromatic N) is 1. The summed E-state index contributed by atoms with van der Waals surface area (Å²) in [4.78, 5) is 16.0. The lowest BCUT2D eigenvalue weighted by atomic mass is 10.0. The quantitative estimate of drug-likeness (QED) is 0.735. The molecule has 2 aromatic carbocycles. The molecular formula is C22H31N4O+. The van der Waals surface area contributed by atoms with Gasteiger partial charge < -0.3 is 20.4 Å². The van der Waals surface area contributed by atoms with E-state index in [-0.39, 0.29) is 12.1 Å². The Morgan fingerprint density at radius 1 is 1.04 bits per heavy atom. The minimum Gasteiger partial charge on any atom is -0.378 e. The van der Waals surface area contributed by atoms with Gasteiger partial charge in [-0.15, -0.1) is 0 Å². The van der Waals surface area contributed by atoms with E-state index >= 15 is 0 Å². The number of aryl methyl sites for hydroxylation is 1. The van der Waals surface area contributed by atoms with E-state index in [0.29, 0.717) is 6.54 Å². The highest BCUT2D eigenvalue weighted by molar-refractivity contribution is 5.89. The highest BCUT2D eigenvalue weighted by atomic mass is 16.2. The van der Waals surface area contributed by atoms with E-state index in [0.717, 1.165) is 5.69 Å². The summed E-state index contributed by atoms with van der Waals surface area (Å²) >= 11 is 0. The standard InChI is InChI=1S/C22H30N4O/c1-17-6-10-19(11-7-17)24-22(27)23-16-21(26-14-4-5-15-26)18-8-12-20(13-9-18)25(2)3/h6-13,21H,4-5,14-16H2,1-3H3,(H2,23,24,27)/p+1/t21-/m0/s1. The number of likely N-dealkylation sites (tertiary alicyclic amines) is 1. The Kier molecular flexibility index (Phi) is 6.35. The molecule has 0 saturated carbocycles. The normalized spacial score (nSPS) is 15.4. The molecule has 27 heavy (non-hydrogen) atoms. The molecule has 0 unspecified atom stereocenters. The third-order valence-electron chi connectivity index (χ3n) is 5.33. The molecule has 0 spiro atoms. The van der Waals surface area contributed by atoms with Crippen LogP contribution in [0.25, 0.3) is 0 Å². The summed E-state index contributed by atoms with van der Waals surface area (Å²) in [6.07, 6.45) is 2.52. The molecule has 3 rings (SSSR count). The third kappa shape index (κ3) is 5.23. The summed E-state index contributed by atoms with van der Waals surface area (Å²) in [6.45, 7) is 5.01. The van der Waals surface area contributed by atoms with Crippen molar-refractivity contribution in [3.63, 3.8) is 0 Å². The van der Waals surface area contributed by atoms with Crippen LogP contribution in [-0.2, 0) is 0 Å². The average molecular weight is 368 g/mol. The van der Waals surface area contributed by atoms with Crippen LogP contribution >= 0.6 is 0 Å². The smallest absolute Gasteiger partial charge is 0.319 e. The molecule has 1 heterocycles. The molecule has 0 aliphatic carbocycles. The van der Waals surface area contributed by atoms with Crippen molar-refractivity contribution in [2.45, 2.75) is 25.8 Å². The van der Waals surface area contributed by atoms with E-state index in [4.69, 9.17) is 0 Å². The van der Waals surface area contributed by atoms with E-state index < -0.39 is 0 Å². The molecular weight excluding hydrogens is 336 g/mol. The maximum Gasteiger partial charge on any atom is 0.319 e. The Labute approximate surface area is 162 Å². The number of urea groups is 1. The van der Waals surface area contributed by atoms with Crippen LogP contribution < -0.4 is 20.4 Å². The van der Waals surface area contributed by atoms with E-state index in [1.54, 1.807) is 4.90 Å². The molecule has 5 nitrogen and oxygen atoms in total. The highest BCUT2D eigenvalue weighted by Crippen LogP contribution is 2.17. The van der Waals surface area contributed by atoms with Gasteiger partial charge in [0.1, 0.15) is 6.04 Å². The van der Waals surface area contributed by atoms with Gasteiger partial charge in [-0.3, -0.25) is 0 Å². The van der Waals surface area contributed by atoms with Crippen LogP contribution in [0.3, 0.4) is 0 Å². The van der Waals surface area contributed by atoms with Gasteiger partial charge in [0.15, 0.2) is 0 Å². The fraction of sp³-hybridized carbons (Fsp3) is 0.409. The van der Waals surface area contributed by atoms with Crippen LogP contribution in [0.15, 0.2) is 48.5 Å². The van der Waals surface area contributed by atoms with E-state index in [1.165, 1.54) is 42.7 Å². The van der Waals surface area contributed by atoms with E-state index in [1.807, 2.05) is 31.2 Å². The number of amides is 2. The summed E-state index contributed by atoms with van der Waals surface area (Å²) < 4.78 is 0. The zero-order chi connectivity index (χ0) is 19.2. The van der Waals surface area contributed by atoms with Gasteiger partial charge in [-0.25, -0.2) is 4.79 Å². The average Bonchev–Trinajstić information content (AvgIpc) is 3.19. The zero-order valence-electron chi connectivity index (χ0n) is 16.6. The second-order valence-electron chi connectivity index (χ2n) is 7.60. The molecule has 1 aliphatic rings. The Balaban J connectivity index is 1.64. The summed E-state index contributed by atoms with van der Waals surface area (Å²) in [5.74, 6) is 0. The van der Waals surface area contributed by atoms with Crippen LogP contribution in [0.5, 0.6) is 0 Å². The molecule has 2 amide bonds. The number of rotatable bonds is 6. The first-order valence-corrected chi connectivity index (χ1v) is 9.76. The highest BCUT2D eigenvalue weighted by Gasteiger charge is 2.27. The van der Waals surface area contributed by atoms with Gasteiger partial charge in [-0.2, -0.15) is 0 Å². The number of carbonyl (C=O) groups excluding carboxylic acids is 1. The Morgan fingerprint density at radius 3 is 2.26 bits per heavy atom. The predicted octanol–water partition coefficient (Wildman–Crippen LogP) is 2.60. The molecule has 3 N–H and O–H groups in total. The van der Waals surface area contributed by atoms with Crippen molar-refractivity contribution in [3.8, 4) is 0 Å². The van der Waals surface area contributed by atoms with Crippen molar-refractivity contribution in [1.82, 2.24) is 5.32 Å². The zero-order valence-corrected chi connectivity index (χ0v) is 16.6. The SMILES string of the molecule is Cc1ccc(NC(=O)NC[C@@H](c2ccc(N(C)C)cc2)[NH+]2CCCC2)cc1. The lowest BCUT2D eigenvalue weighted by Crippen LogP contribution is -3.11. The van der Waals surface area contributed by atoms with Crippen molar-refractivity contribution in [1.29, 1.82) is 0 Å². The van der Waals surface area contributed by atoms with Crippen molar-refractivity contribution >= 4 is 17.4 Å². The number of hydrogen-bond donors (Lipinski definition) is 3. The topological polar surface area (TPSA) is 48.8 Å². The molecule has 0 aromatic heterocycles. The van der Waals surface area contributed by atoms with Crippen LogP contribution in [0.1, 0.15) is 30.0 Å². The van der Waals surface area contributed by atoms with E-state index in [9.17, 15) is 4.79 Å². The molecule has 144 valence electrons. The summed E-state index contributed by atoms with van der Waals surface area (Å²) in [5.41, 5.74) is 4.48. The fourth-order valence-electron chi connectivity index (χ4n) is 3.69. The number of anilines is 2. The minimum atomic E-state index is -0.146. The van der Waals surface area contributed by atoms with Gasteiger partial charge in [0, 0.05) is 43.9 Å². The first kappa shape index (κ1) is 19.2. The maximum atomic E-state index is 12.4. The van der Waals surface area contributed by atoms with Crippen molar-refractivity contribution < 1.29 is 9.69 Å². The van der Waals surface area contributed by atoms with Gasteiger partial charge in [0.2, 0.25) is 0 Å². The van der Waals surface area contributed by atoms with Crippen LogP contribution in [0.4, 0.5) is 16.2 Å². The Bertz CT molecular complexity index is 734. The number of benzene rings is 2. The molecule has 1 atom stereocenters. The molecule has 1 fully saturated rings. The number of hydrogen-bond acceptors (Lipinski definition) is 2. The lowest BCUT2D eigenvalue weighted by Gasteiger charge is -2.26.